The number of aromatic nitrogens is 2. The third kappa shape index (κ3) is 4.32. The van der Waals surface area contributed by atoms with Gasteiger partial charge in [-0.15, -0.1) is 0 Å². The number of halogens is 1. The van der Waals surface area contributed by atoms with E-state index in [1.165, 1.54) is 12.1 Å². The molecule has 0 spiro atoms. The second-order valence-corrected chi connectivity index (χ2v) is 4.78. The lowest BCUT2D eigenvalue weighted by atomic mass is 10.2. The summed E-state index contributed by atoms with van der Waals surface area (Å²) < 4.78 is 12.9. The molecule has 1 atom stereocenters. The number of anilines is 1. The van der Waals surface area contributed by atoms with Crippen LogP contribution in [0.2, 0.25) is 0 Å². The highest BCUT2D eigenvalue weighted by atomic mass is 19.1. The van der Waals surface area contributed by atoms with E-state index in [-0.39, 0.29) is 23.7 Å². The van der Waals surface area contributed by atoms with Gasteiger partial charge in [-0.1, -0.05) is 12.1 Å². The van der Waals surface area contributed by atoms with Crippen LogP contribution in [0.15, 0.2) is 42.7 Å². The van der Waals surface area contributed by atoms with Gasteiger partial charge in [0.1, 0.15) is 5.82 Å². The molecular formula is C15H17FN4O. The quantitative estimate of drug-likeness (QED) is 0.915. The summed E-state index contributed by atoms with van der Waals surface area (Å²) in [6.45, 7) is 2.34. The molecule has 0 aliphatic heterocycles. The van der Waals surface area contributed by atoms with Gasteiger partial charge in [0.15, 0.2) is 0 Å². The summed E-state index contributed by atoms with van der Waals surface area (Å²) in [5.74, 6) is -0.177. The van der Waals surface area contributed by atoms with Crippen molar-refractivity contribution < 1.29 is 9.18 Å². The fraction of sp³-hybridized carbons (Fsp3) is 0.267. The van der Waals surface area contributed by atoms with Crippen LogP contribution in [-0.4, -0.2) is 33.9 Å². The molecule has 2 aromatic rings. The molecule has 2 rings (SSSR count). The zero-order valence-electron chi connectivity index (χ0n) is 12.0. The summed E-state index contributed by atoms with van der Waals surface area (Å²) >= 11 is 0. The van der Waals surface area contributed by atoms with Crippen molar-refractivity contribution in [3.63, 3.8) is 0 Å². The fourth-order valence-electron chi connectivity index (χ4n) is 1.79. The molecule has 1 amide bonds. The zero-order valence-corrected chi connectivity index (χ0v) is 12.0. The Labute approximate surface area is 122 Å². The molecule has 0 bridgehead atoms. The number of hydrogen-bond acceptors (Lipinski definition) is 4. The Morgan fingerprint density at radius 3 is 2.52 bits per heavy atom. The van der Waals surface area contributed by atoms with E-state index in [1.807, 2.05) is 11.9 Å². The largest absolute Gasteiger partial charge is 0.293 e. The van der Waals surface area contributed by atoms with Gasteiger partial charge >= 0.3 is 0 Å². The van der Waals surface area contributed by atoms with Gasteiger partial charge in [0.05, 0.1) is 6.04 Å². The van der Waals surface area contributed by atoms with Crippen molar-refractivity contribution in [3.8, 4) is 0 Å². The summed E-state index contributed by atoms with van der Waals surface area (Å²) in [5.41, 5.74) is 0.939. The average Bonchev–Trinajstić information content (AvgIpc) is 2.49. The minimum atomic E-state index is -0.362. The van der Waals surface area contributed by atoms with E-state index in [0.717, 1.165) is 5.56 Å². The van der Waals surface area contributed by atoms with E-state index in [9.17, 15) is 9.18 Å². The van der Waals surface area contributed by atoms with Gasteiger partial charge in [-0.05, 0) is 37.7 Å². The van der Waals surface area contributed by atoms with Crippen LogP contribution in [-0.2, 0) is 11.3 Å². The van der Waals surface area contributed by atoms with Gasteiger partial charge in [0.25, 0.3) is 0 Å². The van der Waals surface area contributed by atoms with Gasteiger partial charge < -0.3 is 0 Å². The Morgan fingerprint density at radius 2 is 1.90 bits per heavy atom. The fourth-order valence-corrected chi connectivity index (χ4v) is 1.79. The lowest BCUT2D eigenvalue weighted by Gasteiger charge is -2.23. The number of nitrogens with one attached hydrogen (secondary N) is 1. The molecule has 0 saturated carbocycles. The Balaban J connectivity index is 1.93. The van der Waals surface area contributed by atoms with Gasteiger partial charge in [-0.2, -0.15) is 0 Å². The van der Waals surface area contributed by atoms with Gasteiger partial charge in [0.2, 0.25) is 11.9 Å². The highest BCUT2D eigenvalue weighted by Gasteiger charge is 2.18. The Hall–Kier alpha value is -2.34. The van der Waals surface area contributed by atoms with E-state index >= 15 is 0 Å². The smallest absolute Gasteiger partial charge is 0.243 e. The maximum Gasteiger partial charge on any atom is 0.243 e. The molecular weight excluding hydrogens is 271 g/mol. The number of nitrogens with zero attached hydrogens (tertiary/aromatic N) is 3. The molecule has 110 valence electrons. The molecule has 0 saturated heterocycles. The van der Waals surface area contributed by atoms with Crippen LogP contribution in [0.25, 0.3) is 0 Å². The highest BCUT2D eigenvalue weighted by molar-refractivity contribution is 5.92. The van der Waals surface area contributed by atoms with E-state index in [4.69, 9.17) is 0 Å². The second kappa shape index (κ2) is 6.90. The molecule has 1 unspecified atom stereocenters. The number of likely N-dealkylation sites (N-methyl/N-ethyl adjacent to an activating group) is 1. The molecule has 1 aromatic carbocycles. The lowest BCUT2D eigenvalue weighted by molar-refractivity contribution is -0.120. The number of benzene rings is 1. The maximum atomic E-state index is 12.9. The maximum absolute atomic E-state index is 12.9. The second-order valence-electron chi connectivity index (χ2n) is 4.78. The molecule has 1 aromatic heterocycles. The average molecular weight is 288 g/mol. The van der Waals surface area contributed by atoms with E-state index < -0.39 is 0 Å². The van der Waals surface area contributed by atoms with Gasteiger partial charge in [0, 0.05) is 18.9 Å². The number of carbonyl (C=O) groups is 1. The number of amides is 1. The Bertz CT molecular complexity index is 588. The summed E-state index contributed by atoms with van der Waals surface area (Å²) in [7, 11) is 1.83. The van der Waals surface area contributed by atoms with E-state index in [2.05, 4.69) is 15.3 Å². The Morgan fingerprint density at radius 1 is 1.29 bits per heavy atom. The topological polar surface area (TPSA) is 58.1 Å². The van der Waals surface area contributed by atoms with Crippen LogP contribution in [0.5, 0.6) is 0 Å². The molecule has 0 radical (unpaired) electrons. The third-order valence-electron chi connectivity index (χ3n) is 3.19. The predicted octanol–water partition coefficient (Wildman–Crippen LogP) is 2.07. The highest BCUT2D eigenvalue weighted by Crippen LogP contribution is 2.09. The van der Waals surface area contributed by atoms with Crippen molar-refractivity contribution in [2.45, 2.75) is 19.5 Å². The van der Waals surface area contributed by atoms with Crippen LogP contribution < -0.4 is 5.32 Å². The number of carbonyl (C=O) groups excluding carboxylic acids is 1. The summed E-state index contributed by atoms with van der Waals surface area (Å²) in [6.07, 6.45) is 3.13. The minimum Gasteiger partial charge on any atom is -0.293 e. The zero-order chi connectivity index (χ0) is 15.2. The van der Waals surface area contributed by atoms with Gasteiger partial charge in [-0.3, -0.25) is 15.0 Å². The molecule has 5 nitrogen and oxygen atoms in total. The number of rotatable bonds is 5. The minimum absolute atomic E-state index is 0.189. The van der Waals surface area contributed by atoms with Crippen molar-refractivity contribution in [2.75, 3.05) is 12.4 Å². The molecule has 0 aliphatic rings. The van der Waals surface area contributed by atoms with Crippen LogP contribution in [0.4, 0.5) is 10.3 Å². The van der Waals surface area contributed by atoms with E-state index in [1.54, 1.807) is 37.5 Å². The number of hydrogen-bond donors (Lipinski definition) is 1. The first-order chi connectivity index (χ1) is 10.1. The summed E-state index contributed by atoms with van der Waals surface area (Å²) in [6, 6.07) is 7.55. The van der Waals surface area contributed by atoms with Crippen molar-refractivity contribution in [1.82, 2.24) is 14.9 Å². The van der Waals surface area contributed by atoms with Crippen molar-refractivity contribution in [1.29, 1.82) is 0 Å². The molecule has 0 aliphatic carbocycles. The molecule has 21 heavy (non-hydrogen) atoms. The standard InChI is InChI=1S/C15H17FN4O/c1-11(14(21)19-15-17-8-3-9-18-15)20(2)10-12-4-6-13(16)7-5-12/h3-9,11H,10H2,1-2H3,(H,17,18,19,21). The normalized spacial score (nSPS) is 12.2. The first-order valence-electron chi connectivity index (χ1n) is 6.59. The van der Waals surface area contributed by atoms with Crippen LogP contribution in [0.3, 0.4) is 0 Å². The van der Waals surface area contributed by atoms with Crippen molar-refractivity contribution in [3.05, 3.63) is 54.1 Å². The van der Waals surface area contributed by atoms with Crippen LogP contribution in [0.1, 0.15) is 12.5 Å². The predicted molar refractivity (Wildman–Crippen MR) is 78.0 cm³/mol. The van der Waals surface area contributed by atoms with Crippen LogP contribution >= 0.6 is 0 Å². The molecule has 1 N–H and O–H groups in total. The summed E-state index contributed by atoms with van der Waals surface area (Å²) in [5, 5.41) is 2.65. The SMILES string of the molecule is CC(C(=O)Nc1ncccn1)N(C)Cc1ccc(F)cc1. The third-order valence-corrected chi connectivity index (χ3v) is 3.19. The summed E-state index contributed by atoms with van der Waals surface area (Å²) in [4.78, 5) is 21.9. The molecule has 0 fully saturated rings. The first kappa shape index (κ1) is 15.1. The van der Waals surface area contributed by atoms with Crippen molar-refractivity contribution >= 4 is 11.9 Å². The molecule has 6 heteroatoms. The monoisotopic (exact) mass is 288 g/mol. The Kier molecular flexibility index (Phi) is 4.94. The first-order valence-corrected chi connectivity index (χ1v) is 6.59. The van der Waals surface area contributed by atoms with Gasteiger partial charge in [-0.25, -0.2) is 14.4 Å². The van der Waals surface area contributed by atoms with E-state index in [0.29, 0.717) is 6.54 Å². The van der Waals surface area contributed by atoms with Crippen LogP contribution in [0, 0.1) is 5.82 Å². The lowest BCUT2D eigenvalue weighted by Crippen LogP contribution is -2.39. The molecule has 1 heterocycles. The van der Waals surface area contributed by atoms with Crippen molar-refractivity contribution in [2.24, 2.45) is 0 Å².